The highest BCUT2D eigenvalue weighted by Gasteiger charge is 2.59. The summed E-state index contributed by atoms with van der Waals surface area (Å²) in [6.45, 7) is 11.9. The Morgan fingerprint density at radius 1 is 1.00 bits per heavy atom. The summed E-state index contributed by atoms with van der Waals surface area (Å²) >= 11 is 0. The second kappa shape index (κ2) is 10.5. The van der Waals surface area contributed by atoms with Crippen LogP contribution < -0.4 is 0 Å². The van der Waals surface area contributed by atoms with Crippen molar-refractivity contribution in [2.24, 2.45) is 46.3 Å². The highest BCUT2D eigenvalue weighted by atomic mass is 32.3. The molecule has 4 rings (SSSR count). The van der Waals surface area contributed by atoms with E-state index < -0.39 is 10.4 Å². The molecule has 4 aliphatic carbocycles. The third-order valence-electron chi connectivity index (χ3n) is 10.5. The van der Waals surface area contributed by atoms with Gasteiger partial charge in [-0.2, -0.15) is 8.42 Å². The van der Waals surface area contributed by atoms with Crippen LogP contribution in [0, 0.1) is 46.3 Å². The van der Waals surface area contributed by atoms with Crippen LogP contribution >= 0.6 is 0 Å². The first-order valence-electron chi connectivity index (χ1n) is 13.4. The molecule has 0 aromatic rings. The molecule has 0 radical (unpaired) electrons. The minimum Gasteiger partial charge on any atom is -0.393 e. The molecule has 7 heteroatoms. The molecule has 0 heterocycles. The first kappa shape index (κ1) is 28.1. The van der Waals surface area contributed by atoms with E-state index in [-0.39, 0.29) is 12.2 Å². The van der Waals surface area contributed by atoms with Crippen molar-refractivity contribution in [3.05, 3.63) is 11.6 Å². The average molecular weight is 501 g/mol. The highest BCUT2D eigenvalue weighted by molar-refractivity contribution is 7.79. The largest absolute Gasteiger partial charge is 0.394 e. The minimum absolute atomic E-state index is 0.0994. The smallest absolute Gasteiger partial charge is 0.393 e. The molecule has 198 valence electrons. The molecule has 0 aromatic heterocycles. The zero-order valence-corrected chi connectivity index (χ0v) is 22.6. The molecule has 3 saturated carbocycles. The molecule has 1 unspecified atom stereocenters. The van der Waals surface area contributed by atoms with Crippen molar-refractivity contribution in [1.82, 2.24) is 0 Å². The summed E-state index contributed by atoms with van der Waals surface area (Å²) in [5, 5.41) is 20.5. The van der Waals surface area contributed by atoms with Gasteiger partial charge in [-0.15, -0.1) is 0 Å². The zero-order chi connectivity index (χ0) is 25.5. The van der Waals surface area contributed by atoms with Crippen LogP contribution in [0.1, 0.15) is 98.8 Å². The molecule has 6 nitrogen and oxygen atoms in total. The summed E-state index contributed by atoms with van der Waals surface area (Å²) in [5.74, 6) is 4.51. The van der Waals surface area contributed by atoms with Gasteiger partial charge in [0.15, 0.2) is 0 Å². The lowest BCUT2D eigenvalue weighted by Gasteiger charge is -2.58. The van der Waals surface area contributed by atoms with E-state index >= 15 is 0 Å². The molecule has 9 atom stereocenters. The van der Waals surface area contributed by atoms with Gasteiger partial charge in [0, 0.05) is 0 Å². The van der Waals surface area contributed by atoms with E-state index in [1.807, 2.05) is 0 Å². The van der Waals surface area contributed by atoms with Crippen molar-refractivity contribution in [1.29, 1.82) is 0 Å². The molecular formula is C27H48O6S. The summed E-state index contributed by atoms with van der Waals surface area (Å²) in [7, 11) is -4.67. The van der Waals surface area contributed by atoms with Crippen LogP contribution in [0.3, 0.4) is 0 Å². The number of hydrogen-bond acceptors (Lipinski definition) is 4. The molecule has 0 aliphatic heterocycles. The number of fused-ring (bicyclic) bond motifs is 5. The number of hydrogen-bond donors (Lipinski definition) is 4. The van der Waals surface area contributed by atoms with Crippen LogP contribution in [-0.4, -0.2) is 39.9 Å². The predicted molar refractivity (Wildman–Crippen MR) is 135 cm³/mol. The molecule has 4 aliphatic rings. The highest BCUT2D eigenvalue weighted by Crippen LogP contribution is 2.67. The van der Waals surface area contributed by atoms with Gasteiger partial charge in [-0.25, -0.2) is 0 Å². The lowest BCUT2D eigenvalue weighted by atomic mass is 9.47. The second-order valence-corrected chi connectivity index (χ2v) is 13.6. The van der Waals surface area contributed by atoms with Gasteiger partial charge in [0.1, 0.15) is 0 Å². The lowest BCUT2D eigenvalue weighted by Crippen LogP contribution is -2.50. The summed E-state index contributed by atoms with van der Waals surface area (Å²) < 4.78 is 31.6. The van der Waals surface area contributed by atoms with Crippen molar-refractivity contribution >= 4 is 10.4 Å². The molecule has 0 bridgehead atoms. The molecule has 0 aromatic carbocycles. The Bertz CT molecular complexity index is 830. The predicted octanol–water partition coefficient (Wildman–Crippen LogP) is 5.71. The third kappa shape index (κ3) is 5.91. The topological polar surface area (TPSA) is 115 Å². The van der Waals surface area contributed by atoms with Crippen LogP contribution in [0.4, 0.5) is 0 Å². The van der Waals surface area contributed by atoms with E-state index in [9.17, 15) is 10.2 Å². The van der Waals surface area contributed by atoms with E-state index in [4.69, 9.17) is 17.5 Å². The Labute approximate surface area is 207 Å². The second-order valence-electron chi connectivity index (χ2n) is 12.7. The maximum atomic E-state index is 10.3. The van der Waals surface area contributed by atoms with E-state index in [0.29, 0.717) is 16.7 Å². The van der Waals surface area contributed by atoms with Crippen LogP contribution in [0.5, 0.6) is 0 Å². The number of aliphatic hydroxyl groups excluding tert-OH is 2. The van der Waals surface area contributed by atoms with Gasteiger partial charge in [0.05, 0.1) is 12.2 Å². The van der Waals surface area contributed by atoms with Gasteiger partial charge < -0.3 is 10.2 Å². The summed E-state index contributed by atoms with van der Waals surface area (Å²) in [5.41, 5.74) is 2.44. The van der Waals surface area contributed by atoms with Gasteiger partial charge >= 0.3 is 10.4 Å². The van der Waals surface area contributed by atoms with E-state index in [1.54, 1.807) is 5.57 Å². The number of aliphatic hydroxyl groups is 2. The summed E-state index contributed by atoms with van der Waals surface area (Å²) in [6.07, 6.45) is 14.4. The Balaban J connectivity index is 0.000000588. The van der Waals surface area contributed by atoms with Crippen molar-refractivity contribution in [3.63, 3.8) is 0 Å². The van der Waals surface area contributed by atoms with Crippen LogP contribution in [0.2, 0.25) is 0 Å². The fourth-order valence-electron chi connectivity index (χ4n) is 8.59. The Morgan fingerprint density at radius 3 is 2.26 bits per heavy atom. The van der Waals surface area contributed by atoms with Crippen LogP contribution in [0.15, 0.2) is 11.6 Å². The molecule has 0 spiro atoms. The standard InChI is InChI=1S/C27H46O2.H2O4S/c1-17(2)25(29)11-6-18(3)22-9-10-23-21-8-7-19-16-20(28)12-14-26(19,4)24(21)13-15-27(22,23)5;1-5(2,3)4/h7,17-18,20-25,28-29H,6,8-16H2,1-5H3;(H2,1,2,3,4)/t18-,20+,21+,22-,23+,24+,25?,26+,27-;/m1./s1. The van der Waals surface area contributed by atoms with Gasteiger partial charge in [0.25, 0.3) is 0 Å². The maximum absolute atomic E-state index is 10.3. The van der Waals surface area contributed by atoms with Gasteiger partial charge in [-0.1, -0.05) is 46.3 Å². The Kier molecular flexibility index (Phi) is 8.67. The maximum Gasteiger partial charge on any atom is 0.394 e. The molecule has 0 saturated heterocycles. The quantitative estimate of drug-likeness (QED) is 0.284. The fourth-order valence-corrected chi connectivity index (χ4v) is 8.59. The molecule has 34 heavy (non-hydrogen) atoms. The minimum atomic E-state index is -4.67. The molecule has 0 amide bonds. The van der Waals surface area contributed by atoms with E-state index in [0.717, 1.165) is 48.9 Å². The van der Waals surface area contributed by atoms with Gasteiger partial charge in [0.2, 0.25) is 0 Å². The molecule has 4 N–H and O–H groups in total. The number of allylic oxidation sites excluding steroid dienone is 1. The van der Waals surface area contributed by atoms with Crippen molar-refractivity contribution in [2.45, 2.75) is 111 Å². The first-order chi connectivity index (χ1) is 15.7. The zero-order valence-electron chi connectivity index (χ0n) is 21.8. The molecule has 3 fully saturated rings. The summed E-state index contributed by atoms with van der Waals surface area (Å²) in [6, 6.07) is 0. The summed E-state index contributed by atoms with van der Waals surface area (Å²) in [4.78, 5) is 0. The fraction of sp³-hybridized carbons (Fsp3) is 0.926. The monoisotopic (exact) mass is 500 g/mol. The normalized spacial score (nSPS) is 41.4. The molecular weight excluding hydrogens is 452 g/mol. The number of rotatable bonds is 5. The van der Waals surface area contributed by atoms with Gasteiger partial charge in [-0.05, 0) is 111 Å². The van der Waals surface area contributed by atoms with Crippen molar-refractivity contribution in [3.8, 4) is 0 Å². The van der Waals surface area contributed by atoms with E-state index in [1.165, 1.54) is 44.9 Å². The average Bonchev–Trinajstić information content (AvgIpc) is 3.08. The van der Waals surface area contributed by atoms with E-state index in [2.05, 4.69) is 40.7 Å². The Hall–Kier alpha value is -0.470. The van der Waals surface area contributed by atoms with Crippen molar-refractivity contribution < 1.29 is 27.7 Å². The lowest BCUT2D eigenvalue weighted by molar-refractivity contribution is -0.0579. The third-order valence-corrected chi connectivity index (χ3v) is 10.5. The van der Waals surface area contributed by atoms with Crippen molar-refractivity contribution in [2.75, 3.05) is 0 Å². The van der Waals surface area contributed by atoms with Gasteiger partial charge in [-0.3, -0.25) is 9.11 Å². The Morgan fingerprint density at radius 2 is 1.65 bits per heavy atom. The van der Waals surface area contributed by atoms with Crippen LogP contribution in [0.25, 0.3) is 0 Å². The van der Waals surface area contributed by atoms with Crippen LogP contribution in [-0.2, 0) is 10.4 Å². The first-order valence-corrected chi connectivity index (χ1v) is 14.8. The SMILES string of the molecule is CC(C)C(O)CC[C@@H](C)[C@H]1CC[C@H]2[C@@H]3CC=C4C[C@@H](O)CC[C@]4(C)[C@H]3CC[C@]12C.O=S(=O)(O)O.